The van der Waals surface area contributed by atoms with Gasteiger partial charge in [-0.3, -0.25) is 38.7 Å². The van der Waals surface area contributed by atoms with Gasteiger partial charge in [-0.15, -0.1) is 0 Å². The Kier molecular flexibility index (Phi) is 21.5. The minimum absolute atomic E-state index is 0.0265. The SMILES string of the molecule is COC(=O)[C@H](Cc1ccc(-c2cnc(N)c(C(=O)Nc3cnccc3N3CCOCC3)n2)cc1)NC(=O)OCc1ccc(NC(=O)[C@H](CCCNC(N)=O)NC(=O)C(NC(=O)CCCCCN2C(=O)C=CC2=O)C(C)C)cc1. The summed E-state index contributed by atoms with van der Waals surface area (Å²) in [5, 5.41) is 16.1. The topological polar surface area (TPSA) is 351 Å². The number of primary amides is 1. The number of carbonyl (C=O) groups is 9. The molecule has 10 N–H and O–H groups in total. The Morgan fingerprint density at radius 2 is 1.50 bits per heavy atom. The summed E-state index contributed by atoms with van der Waals surface area (Å²) in [5.41, 5.74) is 15.0. The zero-order chi connectivity index (χ0) is 56.1. The number of nitrogens with two attached hydrogens (primary N) is 2. The molecule has 0 aliphatic carbocycles. The Morgan fingerprint density at radius 3 is 2.18 bits per heavy atom. The van der Waals surface area contributed by atoms with Crippen molar-refractivity contribution < 1.29 is 57.4 Å². The third-order valence-electron chi connectivity index (χ3n) is 12.5. The standard InChI is InChI=1S/C53H65N13O12/c1-32(2)45(64-42(67)9-5-4-6-23-66-43(68)18-19-44(66)69)49(71)61-37(8-7-21-57-52(55)74)48(70)59-36-16-12-34(13-17-36)31-78-53(75)63-38(51(73)76-3)28-33-10-14-35(15-11-33)39-30-58-47(54)46(60-39)50(72)62-40-29-56-22-20-41(40)65-24-26-77-27-25-65/h10-20,22,29-30,32,37-38,45H,4-9,21,23-28,31H2,1-3H3,(H2,54,58)(H,59,70)(H,61,71)(H,62,72)(H,63,75)(H,64,67)(H3,55,57,74)/t37-,38-,45?/m0/s1. The number of alkyl carbamates (subject to hydrolysis) is 1. The van der Waals surface area contributed by atoms with Gasteiger partial charge in [0.05, 0.1) is 49.8 Å². The average molecular weight is 1080 g/mol. The summed E-state index contributed by atoms with van der Waals surface area (Å²) in [7, 11) is 1.19. The van der Waals surface area contributed by atoms with Crippen LogP contribution < -0.4 is 48.3 Å². The number of urea groups is 1. The molecule has 1 fully saturated rings. The first-order valence-electron chi connectivity index (χ1n) is 25.4. The van der Waals surface area contributed by atoms with Gasteiger partial charge < -0.3 is 62.5 Å². The fraction of sp³-hybridized carbons (Fsp3) is 0.396. The maximum absolute atomic E-state index is 13.7. The number of esters is 1. The predicted octanol–water partition coefficient (Wildman–Crippen LogP) is 2.72. The fourth-order valence-corrected chi connectivity index (χ4v) is 8.29. The lowest BCUT2D eigenvalue weighted by Gasteiger charge is -2.30. The Balaban J connectivity index is 0.989. The number of hydrogen-bond acceptors (Lipinski definition) is 17. The van der Waals surface area contributed by atoms with Gasteiger partial charge in [0.2, 0.25) is 17.7 Å². The van der Waals surface area contributed by atoms with Crippen molar-refractivity contribution in [2.24, 2.45) is 11.7 Å². The lowest BCUT2D eigenvalue weighted by molar-refractivity contribution is -0.143. The van der Waals surface area contributed by atoms with Crippen molar-refractivity contribution in [3.05, 3.63) is 102 Å². The highest BCUT2D eigenvalue weighted by Crippen LogP contribution is 2.27. The number of carbonyl (C=O) groups excluding carboxylic acids is 9. The van der Waals surface area contributed by atoms with Crippen molar-refractivity contribution >= 4 is 76.4 Å². The van der Waals surface area contributed by atoms with E-state index in [1.165, 1.54) is 25.5 Å². The molecular weight excluding hydrogens is 1010 g/mol. The fourth-order valence-electron chi connectivity index (χ4n) is 8.29. The van der Waals surface area contributed by atoms with Crippen molar-refractivity contribution in [2.45, 2.75) is 83.5 Å². The number of aromatic nitrogens is 3. The van der Waals surface area contributed by atoms with E-state index in [1.807, 2.05) is 6.07 Å². The van der Waals surface area contributed by atoms with Crippen LogP contribution in [0, 0.1) is 5.92 Å². The Labute approximate surface area is 450 Å². The minimum Gasteiger partial charge on any atom is -0.467 e. The van der Waals surface area contributed by atoms with Crippen molar-refractivity contribution in [1.29, 1.82) is 0 Å². The largest absolute Gasteiger partial charge is 0.467 e. The molecule has 4 aromatic rings. The quantitative estimate of drug-likeness (QED) is 0.0255. The van der Waals surface area contributed by atoms with E-state index >= 15 is 0 Å². The molecule has 25 heteroatoms. The molecule has 78 heavy (non-hydrogen) atoms. The number of nitrogens with one attached hydrogen (secondary N) is 6. The maximum atomic E-state index is 13.7. The van der Waals surface area contributed by atoms with E-state index in [1.54, 1.807) is 74.8 Å². The molecule has 2 aromatic heterocycles. The third kappa shape index (κ3) is 17.3. The van der Waals surface area contributed by atoms with Gasteiger partial charge in [-0.2, -0.15) is 0 Å². The van der Waals surface area contributed by atoms with E-state index < -0.39 is 53.9 Å². The molecule has 1 saturated heterocycles. The van der Waals surface area contributed by atoms with E-state index in [0.29, 0.717) is 79.3 Å². The van der Waals surface area contributed by atoms with Gasteiger partial charge in [0.1, 0.15) is 24.7 Å². The zero-order valence-corrected chi connectivity index (χ0v) is 43.6. The smallest absolute Gasteiger partial charge is 0.408 e. The molecular formula is C53H65N13O12. The molecule has 414 valence electrons. The number of pyridine rings is 1. The molecule has 0 radical (unpaired) electrons. The molecule has 0 spiro atoms. The number of rotatable bonds is 26. The molecule has 25 nitrogen and oxygen atoms in total. The number of methoxy groups -OCH3 is 1. The number of unbranched alkanes of at least 4 members (excludes halogenated alkanes) is 2. The van der Waals surface area contributed by atoms with Crippen LogP contribution in [-0.2, 0) is 56.0 Å². The molecule has 2 aromatic carbocycles. The lowest BCUT2D eigenvalue weighted by atomic mass is 10.0. The monoisotopic (exact) mass is 1080 g/mol. The average Bonchev–Trinajstić information content (AvgIpc) is 3.77. The van der Waals surface area contributed by atoms with Crippen LogP contribution in [0.15, 0.2) is 85.3 Å². The zero-order valence-electron chi connectivity index (χ0n) is 43.6. The van der Waals surface area contributed by atoms with Crippen LogP contribution in [0.25, 0.3) is 11.3 Å². The van der Waals surface area contributed by atoms with Gasteiger partial charge in [-0.05, 0) is 60.9 Å². The van der Waals surface area contributed by atoms with E-state index in [0.717, 1.165) is 10.6 Å². The maximum Gasteiger partial charge on any atom is 0.408 e. The number of morpholine rings is 1. The first-order valence-corrected chi connectivity index (χ1v) is 25.4. The number of amides is 9. The number of hydrogen-bond donors (Lipinski definition) is 8. The second-order valence-corrected chi connectivity index (χ2v) is 18.6. The van der Waals surface area contributed by atoms with Crippen molar-refractivity contribution in [1.82, 2.24) is 41.1 Å². The molecule has 3 atom stereocenters. The van der Waals surface area contributed by atoms with Gasteiger partial charge >= 0.3 is 18.1 Å². The van der Waals surface area contributed by atoms with Gasteiger partial charge in [0.15, 0.2) is 11.5 Å². The van der Waals surface area contributed by atoms with Crippen LogP contribution in [0.2, 0.25) is 0 Å². The van der Waals surface area contributed by atoms with E-state index in [4.69, 9.17) is 25.7 Å². The number of benzene rings is 2. The highest BCUT2D eigenvalue weighted by Gasteiger charge is 2.30. The Hall–Kier alpha value is -9.00. The summed E-state index contributed by atoms with van der Waals surface area (Å²) >= 11 is 0. The molecule has 6 rings (SSSR count). The normalized spacial score (nSPS) is 14.2. The minimum atomic E-state index is -1.14. The van der Waals surface area contributed by atoms with Crippen LogP contribution in [0.1, 0.15) is 74.0 Å². The van der Waals surface area contributed by atoms with Crippen LogP contribution in [0.4, 0.5) is 32.5 Å². The van der Waals surface area contributed by atoms with Gasteiger partial charge in [-0.1, -0.05) is 56.7 Å². The summed E-state index contributed by atoms with van der Waals surface area (Å²) in [6.45, 7) is 6.05. The van der Waals surface area contributed by atoms with Crippen LogP contribution >= 0.6 is 0 Å². The van der Waals surface area contributed by atoms with Crippen molar-refractivity contribution in [3.8, 4) is 11.3 Å². The molecule has 2 aliphatic rings. The molecule has 4 heterocycles. The number of nitrogen functional groups attached to an aromatic ring is 1. The van der Waals surface area contributed by atoms with Gasteiger partial charge in [-0.25, -0.2) is 24.4 Å². The summed E-state index contributed by atoms with van der Waals surface area (Å²) < 4.78 is 15.9. The summed E-state index contributed by atoms with van der Waals surface area (Å²) in [6.07, 6.45) is 8.16. The first-order chi connectivity index (χ1) is 37.5. The summed E-state index contributed by atoms with van der Waals surface area (Å²) in [5.74, 6) is -4.03. The Morgan fingerprint density at radius 1 is 0.795 bits per heavy atom. The number of nitrogens with zero attached hydrogens (tertiary/aromatic N) is 5. The number of imide groups is 1. The van der Waals surface area contributed by atoms with E-state index in [9.17, 15) is 43.2 Å². The number of anilines is 4. The van der Waals surface area contributed by atoms with E-state index in [2.05, 4.69) is 51.8 Å². The summed E-state index contributed by atoms with van der Waals surface area (Å²) in [4.78, 5) is 130. The van der Waals surface area contributed by atoms with Crippen molar-refractivity contribution in [3.63, 3.8) is 0 Å². The lowest BCUT2D eigenvalue weighted by Crippen LogP contribution is -2.54. The molecule has 0 bridgehead atoms. The second kappa shape index (κ2) is 28.8. The molecule has 9 amide bonds. The van der Waals surface area contributed by atoms with Crippen LogP contribution in [0.3, 0.4) is 0 Å². The van der Waals surface area contributed by atoms with Gasteiger partial charge in [0, 0.05) is 68.6 Å². The Bertz CT molecular complexity index is 2810. The highest BCUT2D eigenvalue weighted by atomic mass is 16.6. The second-order valence-electron chi connectivity index (χ2n) is 18.6. The van der Waals surface area contributed by atoms with Gasteiger partial charge in [0.25, 0.3) is 17.7 Å². The van der Waals surface area contributed by atoms with Crippen molar-refractivity contribution in [2.75, 3.05) is 67.8 Å². The first kappa shape index (κ1) is 58.3. The third-order valence-corrected chi connectivity index (χ3v) is 12.5. The molecule has 0 saturated carbocycles. The summed E-state index contributed by atoms with van der Waals surface area (Å²) in [6, 6.07) is 11.0. The highest BCUT2D eigenvalue weighted by molar-refractivity contribution is 6.13. The molecule has 2 aliphatic heterocycles. The van der Waals surface area contributed by atoms with Crippen LogP contribution in [0.5, 0.6) is 0 Å². The molecule has 1 unspecified atom stereocenters. The van der Waals surface area contributed by atoms with Crippen LogP contribution in [-0.4, -0.2) is 138 Å². The predicted molar refractivity (Wildman–Crippen MR) is 285 cm³/mol. The van der Waals surface area contributed by atoms with E-state index in [-0.39, 0.29) is 80.5 Å². The number of ether oxygens (including phenoxy) is 3.